The van der Waals surface area contributed by atoms with Gasteiger partial charge in [-0.25, -0.2) is 4.98 Å². The van der Waals surface area contributed by atoms with Gasteiger partial charge in [0.1, 0.15) is 6.23 Å². The molecule has 1 aliphatic rings. The maximum atomic E-state index is 13.9. The monoisotopic (exact) mass is 347 g/mol. The highest BCUT2D eigenvalue weighted by molar-refractivity contribution is 6.30. The van der Waals surface area contributed by atoms with Gasteiger partial charge in [0.15, 0.2) is 17.0 Å². The van der Waals surface area contributed by atoms with E-state index in [1.54, 1.807) is 29.1 Å². The minimum Gasteiger partial charge on any atom is -0.358 e. The van der Waals surface area contributed by atoms with E-state index >= 15 is 0 Å². The Morgan fingerprint density at radius 1 is 1.29 bits per heavy atom. The van der Waals surface area contributed by atoms with E-state index in [4.69, 9.17) is 16.3 Å². The van der Waals surface area contributed by atoms with Crippen molar-refractivity contribution in [3.63, 3.8) is 0 Å². The molecule has 0 aliphatic carbocycles. The maximum Gasteiger partial charge on any atom is 0.312 e. The Hall–Kier alpha value is -2.25. The third kappa shape index (κ3) is 2.92. The fourth-order valence-corrected chi connectivity index (χ4v) is 3.02. The molecule has 0 amide bonds. The van der Waals surface area contributed by atoms with E-state index in [-0.39, 0.29) is 6.23 Å². The number of hydrogen-bond donors (Lipinski definition) is 1. The molecule has 1 N–H and O–H groups in total. The summed E-state index contributed by atoms with van der Waals surface area (Å²) in [6.07, 6.45) is 3.59. The quantitative estimate of drug-likeness (QED) is 0.724. The fraction of sp³-hybridized carbons (Fsp3) is 0.312. The molecule has 0 spiro atoms. The first-order valence-corrected chi connectivity index (χ1v) is 8.13. The van der Waals surface area contributed by atoms with Crippen LogP contribution in [0, 0.1) is 6.08 Å². The van der Waals surface area contributed by atoms with Crippen molar-refractivity contribution in [2.24, 2.45) is 0 Å². The van der Waals surface area contributed by atoms with Crippen LogP contribution in [0.25, 0.3) is 11.2 Å². The standard InChI is InChI=1S/C16H15ClFN5O/c17-10-4-3-5-11(8-10)20-14-13-15(22-16(18)21-14)23(9-19-13)12-6-1-2-7-24-12/h3-5,8-9,12H,1-2,6-7H2,(H,20,21,22). The van der Waals surface area contributed by atoms with E-state index in [2.05, 4.69) is 20.3 Å². The summed E-state index contributed by atoms with van der Waals surface area (Å²) in [5.74, 6) is 0.300. The first-order valence-electron chi connectivity index (χ1n) is 7.75. The Balaban J connectivity index is 1.74. The van der Waals surface area contributed by atoms with Crippen molar-refractivity contribution in [3.05, 3.63) is 41.7 Å². The summed E-state index contributed by atoms with van der Waals surface area (Å²) in [5.41, 5.74) is 1.61. The SMILES string of the molecule is Fc1nc(Nc2cccc(Cl)c2)c2ncn(C3CCCCO3)c2n1. The molecule has 0 bridgehead atoms. The number of rotatable bonds is 3. The van der Waals surface area contributed by atoms with E-state index in [0.717, 1.165) is 19.3 Å². The van der Waals surface area contributed by atoms with Gasteiger partial charge in [-0.1, -0.05) is 17.7 Å². The summed E-state index contributed by atoms with van der Waals surface area (Å²) < 4.78 is 21.4. The predicted molar refractivity (Wildman–Crippen MR) is 88.9 cm³/mol. The van der Waals surface area contributed by atoms with E-state index in [1.807, 2.05) is 6.07 Å². The number of benzene rings is 1. The molecule has 24 heavy (non-hydrogen) atoms. The second kappa shape index (κ2) is 6.33. The zero-order valence-corrected chi connectivity index (χ0v) is 13.5. The minimum absolute atomic E-state index is 0.169. The Labute approximate surface area is 142 Å². The van der Waals surface area contributed by atoms with Gasteiger partial charge in [-0.2, -0.15) is 14.4 Å². The summed E-state index contributed by atoms with van der Waals surface area (Å²) in [7, 11) is 0. The van der Waals surface area contributed by atoms with Crippen LogP contribution in [-0.4, -0.2) is 26.1 Å². The molecular weight excluding hydrogens is 333 g/mol. The van der Waals surface area contributed by atoms with Crippen molar-refractivity contribution in [1.29, 1.82) is 0 Å². The van der Waals surface area contributed by atoms with Crippen LogP contribution in [0.5, 0.6) is 0 Å². The van der Waals surface area contributed by atoms with Crippen LogP contribution in [0.15, 0.2) is 30.6 Å². The molecule has 3 heterocycles. The van der Waals surface area contributed by atoms with Crippen LogP contribution >= 0.6 is 11.6 Å². The number of imidazole rings is 1. The molecule has 1 saturated heterocycles. The predicted octanol–water partition coefficient (Wildman–Crippen LogP) is 4.06. The fourth-order valence-electron chi connectivity index (χ4n) is 2.83. The number of aromatic nitrogens is 4. The molecule has 2 aromatic heterocycles. The zero-order chi connectivity index (χ0) is 16.5. The molecule has 1 unspecified atom stereocenters. The van der Waals surface area contributed by atoms with Gasteiger partial charge < -0.3 is 10.1 Å². The number of anilines is 2. The van der Waals surface area contributed by atoms with Crippen LogP contribution < -0.4 is 5.32 Å². The summed E-state index contributed by atoms with van der Waals surface area (Å²) in [6, 6.07) is 7.11. The smallest absolute Gasteiger partial charge is 0.312 e. The Morgan fingerprint density at radius 3 is 3.00 bits per heavy atom. The highest BCUT2D eigenvalue weighted by Gasteiger charge is 2.21. The van der Waals surface area contributed by atoms with Gasteiger partial charge in [-0.3, -0.25) is 4.57 Å². The van der Waals surface area contributed by atoms with Gasteiger partial charge in [-0.15, -0.1) is 0 Å². The maximum absolute atomic E-state index is 13.9. The first kappa shape index (κ1) is 15.3. The average Bonchev–Trinajstić information content (AvgIpc) is 2.99. The molecule has 4 rings (SSSR count). The molecule has 124 valence electrons. The Kier molecular flexibility index (Phi) is 4.03. The van der Waals surface area contributed by atoms with Crippen molar-refractivity contribution in [3.8, 4) is 0 Å². The Morgan fingerprint density at radius 2 is 2.21 bits per heavy atom. The van der Waals surface area contributed by atoms with Crippen molar-refractivity contribution < 1.29 is 9.13 Å². The molecule has 8 heteroatoms. The highest BCUT2D eigenvalue weighted by Crippen LogP contribution is 2.29. The van der Waals surface area contributed by atoms with Crippen molar-refractivity contribution in [1.82, 2.24) is 19.5 Å². The third-order valence-electron chi connectivity index (χ3n) is 3.95. The van der Waals surface area contributed by atoms with Gasteiger partial charge >= 0.3 is 6.08 Å². The lowest BCUT2D eigenvalue weighted by atomic mass is 10.2. The van der Waals surface area contributed by atoms with Crippen LogP contribution in [0.3, 0.4) is 0 Å². The van der Waals surface area contributed by atoms with Crippen LogP contribution in [-0.2, 0) is 4.74 Å². The van der Waals surface area contributed by atoms with Crippen molar-refractivity contribution in [2.45, 2.75) is 25.5 Å². The lowest BCUT2D eigenvalue weighted by Gasteiger charge is -2.23. The van der Waals surface area contributed by atoms with Gasteiger partial charge in [-0.05, 0) is 37.5 Å². The summed E-state index contributed by atoms with van der Waals surface area (Å²) in [5, 5.41) is 3.63. The summed E-state index contributed by atoms with van der Waals surface area (Å²) in [4.78, 5) is 12.1. The molecule has 6 nitrogen and oxygen atoms in total. The molecule has 1 aliphatic heterocycles. The largest absolute Gasteiger partial charge is 0.358 e. The number of ether oxygens (including phenoxy) is 1. The number of nitrogens with one attached hydrogen (secondary N) is 1. The topological polar surface area (TPSA) is 64.9 Å². The first-order chi connectivity index (χ1) is 11.7. The van der Waals surface area contributed by atoms with E-state index < -0.39 is 6.08 Å². The van der Waals surface area contributed by atoms with Crippen LogP contribution in [0.4, 0.5) is 15.9 Å². The van der Waals surface area contributed by atoms with E-state index in [9.17, 15) is 4.39 Å². The third-order valence-corrected chi connectivity index (χ3v) is 4.18. The molecule has 0 radical (unpaired) electrons. The zero-order valence-electron chi connectivity index (χ0n) is 12.7. The Bertz CT molecular complexity index is 878. The lowest BCUT2D eigenvalue weighted by Crippen LogP contribution is -2.18. The van der Waals surface area contributed by atoms with Crippen molar-refractivity contribution in [2.75, 3.05) is 11.9 Å². The van der Waals surface area contributed by atoms with Crippen LogP contribution in [0.1, 0.15) is 25.5 Å². The van der Waals surface area contributed by atoms with Gasteiger partial charge in [0.05, 0.1) is 6.33 Å². The molecule has 3 aromatic rings. The van der Waals surface area contributed by atoms with Gasteiger partial charge in [0.2, 0.25) is 0 Å². The number of nitrogens with zero attached hydrogens (tertiary/aromatic N) is 4. The normalized spacial score (nSPS) is 18.0. The number of hydrogen-bond acceptors (Lipinski definition) is 5. The lowest BCUT2D eigenvalue weighted by molar-refractivity contribution is -0.0298. The highest BCUT2D eigenvalue weighted by atomic mass is 35.5. The second-order valence-corrected chi connectivity index (χ2v) is 6.06. The van der Waals surface area contributed by atoms with Gasteiger partial charge in [0.25, 0.3) is 0 Å². The number of halogens is 2. The van der Waals surface area contributed by atoms with E-state index in [1.165, 1.54) is 0 Å². The van der Waals surface area contributed by atoms with Crippen molar-refractivity contribution >= 4 is 34.3 Å². The molecule has 1 aromatic carbocycles. The molecule has 0 saturated carbocycles. The number of fused-ring (bicyclic) bond motifs is 1. The summed E-state index contributed by atoms with van der Waals surface area (Å²) >= 11 is 5.98. The van der Waals surface area contributed by atoms with E-state index in [0.29, 0.717) is 34.3 Å². The second-order valence-electron chi connectivity index (χ2n) is 5.62. The summed E-state index contributed by atoms with van der Waals surface area (Å²) in [6.45, 7) is 0.686. The minimum atomic E-state index is -0.815. The van der Waals surface area contributed by atoms with Gasteiger partial charge in [0, 0.05) is 17.3 Å². The van der Waals surface area contributed by atoms with Crippen LogP contribution in [0.2, 0.25) is 5.02 Å². The molecule has 1 atom stereocenters. The molecular formula is C16H15ClFN5O. The average molecular weight is 348 g/mol. The molecule has 1 fully saturated rings.